The van der Waals surface area contributed by atoms with E-state index >= 15 is 0 Å². The summed E-state index contributed by atoms with van der Waals surface area (Å²) < 4.78 is 7.55. The molecule has 2 aromatic heterocycles. The van der Waals surface area contributed by atoms with Crippen LogP contribution >= 0.6 is 11.6 Å². The fraction of sp³-hybridized carbons (Fsp3) is 0.364. The Kier molecular flexibility index (Phi) is 5.53. The number of aromatic nitrogens is 2. The number of imidazole rings is 1. The Morgan fingerprint density at radius 1 is 1.25 bits per heavy atom. The molecule has 0 unspecified atom stereocenters. The van der Waals surface area contributed by atoms with E-state index < -0.39 is 5.97 Å². The molecule has 4 rings (SSSR count). The number of aryl methyl sites for hydroxylation is 1. The molecule has 2 heterocycles. The summed E-state index contributed by atoms with van der Waals surface area (Å²) in [6, 6.07) is 12.0. The zero-order valence-corrected chi connectivity index (χ0v) is 16.7. The standard InChI is InChI=1S/C22H24ClN3O2/c1-15-11-12-26-19(13-15)25-21(22(26)24-16-7-3-2-4-8-16)17-9-5-6-10-18(17)28-20(27)14-23/h5-6,9-13,16,24H,2-4,7-8,14H2,1H3. The van der Waals surface area contributed by atoms with Crippen molar-refractivity contribution >= 4 is 29.0 Å². The van der Waals surface area contributed by atoms with Crippen molar-refractivity contribution in [3.05, 3.63) is 48.2 Å². The molecule has 1 aliphatic carbocycles. The van der Waals surface area contributed by atoms with Gasteiger partial charge in [0.15, 0.2) is 0 Å². The van der Waals surface area contributed by atoms with Crippen molar-refractivity contribution in [2.75, 3.05) is 11.2 Å². The van der Waals surface area contributed by atoms with Gasteiger partial charge in [-0.1, -0.05) is 31.4 Å². The van der Waals surface area contributed by atoms with Crippen LogP contribution in [0.5, 0.6) is 5.75 Å². The molecule has 0 saturated heterocycles. The molecule has 1 fully saturated rings. The van der Waals surface area contributed by atoms with Gasteiger partial charge >= 0.3 is 5.97 Å². The number of benzene rings is 1. The molecule has 3 aromatic rings. The number of para-hydroxylation sites is 1. The minimum absolute atomic E-state index is 0.189. The normalized spacial score (nSPS) is 14.9. The fourth-order valence-corrected chi connectivity index (χ4v) is 3.87. The summed E-state index contributed by atoms with van der Waals surface area (Å²) >= 11 is 5.64. The molecule has 1 aliphatic rings. The third kappa shape index (κ3) is 3.85. The van der Waals surface area contributed by atoms with E-state index in [0.717, 1.165) is 41.1 Å². The molecule has 0 bridgehead atoms. The number of pyridine rings is 1. The molecule has 28 heavy (non-hydrogen) atoms. The molecular weight excluding hydrogens is 374 g/mol. The first-order valence-electron chi connectivity index (χ1n) is 9.77. The van der Waals surface area contributed by atoms with Crippen molar-refractivity contribution in [1.82, 2.24) is 9.38 Å². The van der Waals surface area contributed by atoms with Crippen molar-refractivity contribution in [2.45, 2.75) is 45.1 Å². The van der Waals surface area contributed by atoms with Crippen molar-refractivity contribution in [2.24, 2.45) is 0 Å². The zero-order valence-electron chi connectivity index (χ0n) is 16.0. The molecule has 1 aromatic carbocycles. The third-order valence-corrected chi connectivity index (χ3v) is 5.42. The van der Waals surface area contributed by atoms with Gasteiger partial charge in [0, 0.05) is 17.8 Å². The van der Waals surface area contributed by atoms with Crippen molar-refractivity contribution < 1.29 is 9.53 Å². The lowest BCUT2D eigenvalue weighted by atomic mass is 9.95. The molecule has 146 valence electrons. The zero-order chi connectivity index (χ0) is 19.5. The number of fused-ring (bicyclic) bond motifs is 1. The molecule has 0 atom stereocenters. The number of rotatable bonds is 5. The summed E-state index contributed by atoms with van der Waals surface area (Å²) in [4.78, 5) is 16.7. The number of carbonyl (C=O) groups excluding carboxylic acids is 1. The predicted molar refractivity (Wildman–Crippen MR) is 112 cm³/mol. The number of alkyl halides is 1. The predicted octanol–water partition coefficient (Wildman–Crippen LogP) is 5.20. The first-order chi connectivity index (χ1) is 13.7. The molecule has 0 radical (unpaired) electrons. The molecular formula is C22H24ClN3O2. The van der Waals surface area contributed by atoms with Gasteiger partial charge in [-0.2, -0.15) is 0 Å². The Morgan fingerprint density at radius 3 is 2.82 bits per heavy atom. The van der Waals surface area contributed by atoms with E-state index in [1.54, 1.807) is 6.07 Å². The van der Waals surface area contributed by atoms with E-state index in [1.807, 2.05) is 24.4 Å². The van der Waals surface area contributed by atoms with E-state index in [4.69, 9.17) is 21.3 Å². The Bertz CT molecular complexity index is 993. The summed E-state index contributed by atoms with van der Waals surface area (Å²) in [6.07, 6.45) is 8.14. The van der Waals surface area contributed by atoms with E-state index in [-0.39, 0.29) is 5.88 Å². The van der Waals surface area contributed by atoms with E-state index in [2.05, 4.69) is 28.8 Å². The van der Waals surface area contributed by atoms with Crippen molar-refractivity contribution in [3.8, 4) is 17.0 Å². The molecule has 6 heteroatoms. The van der Waals surface area contributed by atoms with Gasteiger partial charge in [0.1, 0.15) is 28.8 Å². The van der Waals surface area contributed by atoms with Gasteiger partial charge < -0.3 is 10.1 Å². The number of hydrogen-bond acceptors (Lipinski definition) is 4. The molecule has 0 aliphatic heterocycles. The van der Waals surface area contributed by atoms with Crippen LogP contribution in [0.15, 0.2) is 42.6 Å². The molecule has 0 amide bonds. The number of ether oxygens (including phenoxy) is 1. The van der Waals surface area contributed by atoms with Gasteiger partial charge in [0.25, 0.3) is 0 Å². The largest absolute Gasteiger partial charge is 0.425 e. The number of esters is 1. The molecule has 5 nitrogen and oxygen atoms in total. The van der Waals surface area contributed by atoms with E-state index in [0.29, 0.717) is 11.8 Å². The van der Waals surface area contributed by atoms with E-state index in [9.17, 15) is 4.79 Å². The second-order valence-electron chi connectivity index (χ2n) is 7.32. The molecule has 1 saturated carbocycles. The van der Waals surface area contributed by atoms with Gasteiger partial charge in [0.2, 0.25) is 0 Å². The van der Waals surface area contributed by atoms with Crippen molar-refractivity contribution in [1.29, 1.82) is 0 Å². The maximum Gasteiger partial charge on any atom is 0.326 e. The highest BCUT2D eigenvalue weighted by atomic mass is 35.5. The smallest absolute Gasteiger partial charge is 0.326 e. The van der Waals surface area contributed by atoms with Gasteiger partial charge in [-0.15, -0.1) is 11.6 Å². The highest BCUT2D eigenvalue weighted by Crippen LogP contribution is 2.36. The number of hydrogen-bond donors (Lipinski definition) is 1. The summed E-state index contributed by atoms with van der Waals surface area (Å²) in [5.74, 6) is 0.748. The second-order valence-corrected chi connectivity index (χ2v) is 7.59. The van der Waals surface area contributed by atoms with Crippen LogP contribution in [0.25, 0.3) is 16.9 Å². The van der Waals surface area contributed by atoms with Crippen LogP contribution in [-0.4, -0.2) is 27.3 Å². The van der Waals surface area contributed by atoms with Crippen LogP contribution in [-0.2, 0) is 4.79 Å². The Labute approximate surface area is 169 Å². The van der Waals surface area contributed by atoms with Crippen molar-refractivity contribution in [3.63, 3.8) is 0 Å². The van der Waals surface area contributed by atoms with Gasteiger partial charge in [-0.05, 0) is 49.6 Å². The van der Waals surface area contributed by atoms with Crippen LogP contribution in [0.4, 0.5) is 5.82 Å². The first-order valence-corrected chi connectivity index (χ1v) is 10.3. The number of nitrogens with one attached hydrogen (secondary N) is 1. The lowest BCUT2D eigenvalue weighted by Crippen LogP contribution is -2.23. The van der Waals surface area contributed by atoms with Crippen LogP contribution in [0.1, 0.15) is 37.7 Å². The SMILES string of the molecule is Cc1ccn2c(NC3CCCCC3)c(-c3ccccc3OC(=O)CCl)nc2c1. The summed E-state index contributed by atoms with van der Waals surface area (Å²) in [7, 11) is 0. The lowest BCUT2D eigenvalue weighted by Gasteiger charge is -2.24. The topological polar surface area (TPSA) is 55.6 Å². The fourth-order valence-electron chi connectivity index (χ4n) is 3.81. The van der Waals surface area contributed by atoms with Gasteiger partial charge in [-0.3, -0.25) is 9.20 Å². The Hall–Kier alpha value is -2.53. The Morgan fingerprint density at radius 2 is 2.04 bits per heavy atom. The number of anilines is 1. The Balaban J connectivity index is 1.82. The summed E-state index contributed by atoms with van der Waals surface area (Å²) in [5.41, 5.74) is 3.58. The maximum absolute atomic E-state index is 11.8. The van der Waals surface area contributed by atoms with Crippen LogP contribution < -0.4 is 10.1 Å². The first kappa shape index (κ1) is 18.8. The van der Waals surface area contributed by atoms with Crippen LogP contribution in [0, 0.1) is 6.92 Å². The monoisotopic (exact) mass is 397 g/mol. The van der Waals surface area contributed by atoms with Crippen LogP contribution in [0.2, 0.25) is 0 Å². The molecule has 1 N–H and O–H groups in total. The van der Waals surface area contributed by atoms with E-state index in [1.165, 1.54) is 19.3 Å². The maximum atomic E-state index is 11.8. The average Bonchev–Trinajstić information content (AvgIpc) is 3.06. The second kappa shape index (κ2) is 8.23. The van der Waals surface area contributed by atoms with Crippen LogP contribution in [0.3, 0.4) is 0 Å². The molecule has 0 spiro atoms. The summed E-state index contributed by atoms with van der Waals surface area (Å²) in [5, 5.41) is 3.72. The lowest BCUT2D eigenvalue weighted by molar-refractivity contribution is -0.131. The minimum Gasteiger partial charge on any atom is -0.425 e. The number of halogens is 1. The third-order valence-electron chi connectivity index (χ3n) is 5.20. The average molecular weight is 398 g/mol. The number of carbonyl (C=O) groups is 1. The van der Waals surface area contributed by atoms with Gasteiger partial charge in [0.05, 0.1) is 0 Å². The highest BCUT2D eigenvalue weighted by molar-refractivity contribution is 6.26. The highest BCUT2D eigenvalue weighted by Gasteiger charge is 2.22. The summed E-state index contributed by atoms with van der Waals surface area (Å²) in [6.45, 7) is 2.05. The quantitative estimate of drug-likeness (QED) is 0.365. The van der Waals surface area contributed by atoms with Gasteiger partial charge in [-0.25, -0.2) is 4.98 Å². The minimum atomic E-state index is -0.476. The number of nitrogens with zero attached hydrogens (tertiary/aromatic N) is 2.